The van der Waals surface area contributed by atoms with E-state index >= 15 is 0 Å². The standard InChI is InChI=1S/C24H23FN2O4/c1-15(28)26-21(13-16-7-10-20(25)11-8-16)23(29)27-22(24(30)31)14-17-6-9-18-4-2-3-5-19(18)12-17/h2-12,21-22H,13-14H2,1H3,(H,26,28)(H,27,29)(H,30,31)/t21-,22-/m1/s1. The molecule has 0 radical (unpaired) electrons. The highest BCUT2D eigenvalue weighted by Crippen LogP contribution is 2.17. The van der Waals surface area contributed by atoms with E-state index in [1.54, 1.807) is 0 Å². The second-order valence-corrected chi connectivity index (χ2v) is 7.37. The molecule has 0 bridgehead atoms. The van der Waals surface area contributed by atoms with E-state index in [4.69, 9.17) is 0 Å². The molecule has 0 spiro atoms. The van der Waals surface area contributed by atoms with Gasteiger partial charge in [-0.15, -0.1) is 0 Å². The molecule has 0 heterocycles. The maximum absolute atomic E-state index is 13.1. The molecule has 0 aliphatic rings. The normalized spacial score (nSPS) is 12.7. The van der Waals surface area contributed by atoms with Gasteiger partial charge in [0.25, 0.3) is 0 Å². The maximum Gasteiger partial charge on any atom is 0.326 e. The van der Waals surface area contributed by atoms with E-state index in [0.29, 0.717) is 5.56 Å². The molecule has 3 rings (SSSR count). The molecule has 31 heavy (non-hydrogen) atoms. The Kier molecular flexibility index (Phi) is 6.97. The quantitative estimate of drug-likeness (QED) is 0.520. The van der Waals surface area contributed by atoms with Crippen molar-refractivity contribution in [3.8, 4) is 0 Å². The van der Waals surface area contributed by atoms with Crippen LogP contribution in [0.25, 0.3) is 10.8 Å². The number of hydrogen-bond donors (Lipinski definition) is 3. The summed E-state index contributed by atoms with van der Waals surface area (Å²) in [4.78, 5) is 36.2. The third-order valence-electron chi connectivity index (χ3n) is 4.92. The predicted octanol–water partition coefficient (Wildman–Crippen LogP) is 2.84. The van der Waals surface area contributed by atoms with Gasteiger partial charge in [0.1, 0.15) is 17.9 Å². The van der Waals surface area contributed by atoms with Gasteiger partial charge in [-0.1, -0.05) is 54.6 Å². The number of carboxylic acids is 1. The van der Waals surface area contributed by atoms with Gasteiger partial charge in [-0.05, 0) is 34.0 Å². The number of carboxylic acid groups (broad SMARTS) is 1. The van der Waals surface area contributed by atoms with Crippen molar-refractivity contribution in [2.45, 2.75) is 31.8 Å². The van der Waals surface area contributed by atoms with Crippen molar-refractivity contribution in [2.75, 3.05) is 0 Å². The topological polar surface area (TPSA) is 95.5 Å². The Morgan fingerprint density at radius 1 is 0.839 bits per heavy atom. The molecule has 3 aromatic rings. The molecule has 2 atom stereocenters. The van der Waals surface area contributed by atoms with Crippen molar-refractivity contribution in [1.82, 2.24) is 10.6 Å². The van der Waals surface area contributed by atoms with Crippen molar-refractivity contribution in [3.63, 3.8) is 0 Å². The van der Waals surface area contributed by atoms with E-state index in [1.807, 2.05) is 42.5 Å². The van der Waals surface area contributed by atoms with Crippen LogP contribution < -0.4 is 10.6 Å². The summed E-state index contributed by atoms with van der Waals surface area (Å²) in [5.74, 6) is -2.63. The van der Waals surface area contributed by atoms with Crippen LogP contribution in [0.2, 0.25) is 0 Å². The van der Waals surface area contributed by atoms with Crippen LogP contribution in [0.3, 0.4) is 0 Å². The minimum Gasteiger partial charge on any atom is -0.480 e. The van der Waals surface area contributed by atoms with Gasteiger partial charge in [-0.3, -0.25) is 9.59 Å². The van der Waals surface area contributed by atoms with E-state index in [9.17, 15) is 23.9 Å². The summed E-state index contributed by atoms with van der Waals surface area (Å²) in [7, 11) is 0. The number of nitrogens with one attached hydrogen (secondary N) is 2. The van der Waals surface area contributed by atoms with Crippen LogP contribution in [-0.2, 0) is 27.2 Å². The minimum atomic E-state index is -1.18. The largest absolute Gasteiger partial charge is 0.480 e. The van der Waals surface area contributed by atoms with Gasteiger partial charge >= 0.3 is 5.97 Å². The molecule has 160 valence electrons. The molecule has 7 heteroatoms. The van der Waals surface area contributed by atoms with E-state index in [-0.39, 0.29) is 12.8 Å². The Morgan fingerprint density at radius 3 is 2.10 bits per heavy atom. The fraction of sp³-hybridized carbons (Fsp3) is 0.208. The van der Waals surface area contributed by atoms with E-state index < -0.39 is 35.7 Å². The van der Waals surface area contributed by atoms with Crippen LogP contribution in [0, 0.1) is 5.82 Å². The van der Waals surface area contributed by atoms with E-state index in [1.165, 1.54) is 31.2 Å². The smallest absolute Gasteiger partial charge is 0.326 e. The van der Waals surface area contributed by atoms with Crippen molar-refractivity contribution in [2.24, 2.45) is 0 Å². The average molecular weight is 422 g/mol. The second kappa shape index (κ2) is 9.84. The lowest BCUT2D eigenvalue weighted by molar-refractivity contribution is -0.142. The number of carbonyl (C=O) groups excluding carboxylic acids is 2. The fourth-order valence-electron chi connectivity index (χ4n) is 3.38. The first-order valence-electron chi connectivity index (χ1n) is 9.84. The number of rotatable bonds is 8. The number of aliphatic carboxylic acids is 1. The number of fused-ring (bicyclic) bond motifs is 1. The Hall–Kier alpha value is -3.74. The molecule has 0 aliphatic carbocycles. The SMILES string of the molecule is CC(=O)N[C@H](Cc1ccc(F)cc1)C(=O)N[C@H](Cc1ccc2ccccc2c1)C(=O)O. The van der Waals surface area contributed by atoms with Gasteiger partial charge in [-0.2, -0.15) is 0 Å². The molecule has 0 aliphatic heterocycles. The first kappa shape index (κ1) is 22.0. The summed E-state index contributed by atoms with van der Waals surface area (Å²) in [5, 5.41) is 16.7. The summed E-state index contributed by atoms with van der Waals surface area (Å²) >= 11 is 0. The van der Waals surface area contributed by atoms with Crippen LogP contribution in [0.15, 0.2) is 66.7 Å². The van der Waals surface area contributed by atoms with Crippen LogP contribution >= 0.6 is 0 Å². The van der Waals surface area contributed by atoms with Gasteiger partial charge < -0.3 is 15.7 Å². The zero-order valence-electron chi connectivity index (χ0n) is 17.0. The van der Waals surface area contributed by atoms with Crippen LogP contribution in [0.1, 0.15) is 18.1 Å². The lowest BCUT2D eigenvalue weighted by Gasteiger charge is -2.21. The lowest BCUT2D eigenvalue weighted by atomic mass is 10.0. The van der Waals surface area contributed by atoms with Gasteiger partial charge in [0, 0.05) is 19.8 Å². The average Bonchev–Trinajstić information content (AvgIpc) is 2.73. The van der Waals surface area contributed by atoms with Gasteiger partial charge in [0.2, 0.25) is 11.8 Å². The molecule has 3 N–H and O–H groups in total. The monoisotopic (exact) mass is 422 g/mol. The van der Waals surface area contributed by atoms with Crippen molar-refractivity contribution in [1.29, 1.82) is 0 Å². The summed E-state index contributed by atoms with van der Waals surface area (Å²) in [5.41, 5.74) is 1.40. The molecule has 0 aromatic heterocycles. The summed E-state index contributed by atoms with van der Waals surface area (Å²) in [6.07, 6.45) is 0.198. The molecule has 0 saturated heterocycles. The van der Waals surface area contributed by atoms with Crippen molar-refractivity contribution in [3.05, 3.63) is 83.7 Å². The predicted molar refractivity (Wildman–Crippen MR) is 115 cm³/mol. The van der Waals surface area contributed by atoms with Gasteiger partial charge in [-0.25, -0.2) is 9.18 Å². The highest BCUT2D eigenvalue weighted by molar-refractivity contribution is 5.90. The molecule has 3 aromatic carbocycles. The minimum absolute atomic E-state index is 0.0925. The Balaban J connectivity index is 1.74. The molecule has 0 unspecified atom stereocenters. The number of carbonyl (C=O) groups is 3. The summed E-state index contributed by atoms with van der Waals surface area (Å²) in [6, 6.07) is 16.7. The van der Waals surface area contributed by atoms with Crippen molar-refractivity contribution < 1.29 is 23.9 Å². The maximum atomic E-state index is 13.1. The third-order valence-corrected chi connectivity index (χ3v) is 4.92. The molecular formula is C24H23FN2O4. The van der Waals surface area contributed by atoms with E-state index in [2.05, 4.69) is 10.6 Å². The van der Waals surface area contributed by atoms with Crippen LogP contribution in [-0.4, -0.2) is 35.0 Å². The first-order valence-corrected chi connectivity index (χ1v) is 9.84. The summed E-state index contributed by atoms with van der Waals surface area (Å²) < 4.78 is 13.1. The lowest BCUT2D eigenvalue weighted by Crippen LogP contribution is -2.52. The zero-order valence-corrected chi connectivity index (χ0v) is 17.0. The Bertz CT molecular complexity index is 1100. The molecule has 2 amide bonds. The fourth-order valence-corrected chi connectivity index (χ4v) is 3.38. The number of benzene rings is 3. The number of halogens is 1. The molecular weight excluding hydrogens is 399 g/mol. The Labute approximate surface area is 179 Å². The van der Waals surface area contributed by atoms with E-state index in [0.717, 1.165) is 16.3 Å². The van der Waals surface area contributed by atoms with Crippen molar-refractivity contribution >= 4 is 28.6 Å². The highest BCUT2D eigenvalue weighted by atomic mass is 19.1. The zero-order chi connectivity index (χ0) is 22.4. The van der Waals surface area contributed by atoms with Crippen LogP contribution in [0.5, 0.6) is 0 Å². The third kappa shape index (κ3) is 6.12. The van der Waals surface area contributed by atoms with Gasteiger partial charge in [0.05, 0.1) is 0 Å². The number of hydrogen-bond acceptors (Lipinski definition) is 3. The van der Waals surface area contributed by atoms with Crippen LogP contribution in [0.4, 0.5) is 4.39 Å². The summed E-state index contributed by atoms with van der Waals surface area (Å²) in [6.45, 7) is 1.27. The highest BCUT2D eigenvalue weighted by Gasteiger charge is 2.26. The second-order valence-electron chi connectivity index (χ2n) is 7.37. The molecule has 6 nitrogen and oxygen atoms in total. The number of amides is 2. The first-order chi connectivity index (χ1) is 14.8. The van der Waals surface area contributed by atoms with Gasteiger partial charge in [0.15, 0.2) is 0 Å². The molecule has 0 fully saturated rings. The molecule has 0 saturated carbocycles. The Morgan fingerprint density at radius 2 is 1.45 bits per heavy atom.